The minimum Gasteiger partial charge on any atom is -0.497 e. The SMILES string of the molecule is COc1ccc([C@@H]2C[C@@H](CO)ON2c2ccccc2)cc1. The van der Waals surface area contributed by atoms with Crippen molar-refractivity contribution in [2.45, 2.75) is 18.6 Å². The molecule has 1 heterocycles. The number of ether oxygens (including phenoxy) is 1. The molecule has 1 aliphatic heterocycles. The molecular weight excluding hydrogens is 266 g/mol. The lowest BCUT2D eigenvalue weighted by Gasteiger charge is -2.25. The molecule has 0 unspecified atom stereocenters. The molecule has 2 atom stereocenters. The number of hydrogen-bond acceptors (Lipinski definition) is 4. The number of benzene rings is 2. The second-order valence-corrected chi connectivity index (χ2v) is 5.10. The number of anilines is 1. The van der Waals surface area contributed by atoms with Gasteiger partial charge in [-0.1, -0.05) is 30.3 Å². The maximum atomic E-state index is 9.41. The van der Waals surface area contributed by atoms with Crippen molar-refractivity contribution in [1.29, 1.82) is 0 Å². The van der Waals surface area contributed by atoms with Crippen molar-refractivity contribution in [3.63, 3.8) is 0 Å². The average molecular weight is 285 g/mol. The van der Waals surface area contributed by atoms with Crippen LogP contribution in [0.1, 0.15) is 18.0 Å². The molecule has 0 radical (unpaired) electrons. The molecule has 0 aliphatic carbocycles. The fourth-order valence-corrected chi connectivity index (χ4v) is 2.64. The van der Waals surface area contributed by atoms with Gasteiger partial charge in [0.05, 0.1) is 25.4 Å². The van der Waals surface area contributed by atoms with Crippen molar-refractivity contribution >= 4 is 5.69 Å². The Morgan fingerprint density at radius 1 is 1.14 bits per heavy atom. The molecule has 3 rings (SSSR count). The van der Waals surface area contributed by atoms with Crippen LogP contribution in [-0.2, 0) is 4.84 Å². The number of hydroxylamine groups is 1. The molecule has 0 aromatic heterocycles. The van der Waals surface area contributed by atoms with Crippen LogP contribution in [0.15, 0.2) is 54.6 Å². The number of aliphatic hydroxyl groups excluding tert-OH is 1. The lowest BCUT2D eigenvalue weighted by atomic mass is 10.0. The van der Waals surface area contributed by atoms with Crippen LogP contribution in [0.5, 0.6) is 5.75 Å². The van der Waals surface area contributed by atoms with Gasteiger partial charge < -0.3 is 9.84 Å². The van der Waals surface area contributed by atoms with Crippen LogP contribution in [0.3, 0.4) is 0 Å². The lowest BCUT2D eigenvalue weighted by molar-refractivity contribution is 0.0406. The second-order valence-electron chi connectivity index (χ2n) is 5.10. The summed E-state index contributed by atoms with van der Waals surface area (Å²) in [6, 6.07) is 18.0. The van der Waals surface area contributed by atoms with E-state index in [9.17, 15) is 5.11 Å². The number of methoxy groups -OCH3 is 1. The van der Waals surface area contributed by atoms with E-state index in [1.54, 1.807) is 7.11 Å². The van der Waals surface area contributed by atoms with Gasteiger partial charge >= 0.3 is 0 Å². The molecule has 0 amide bonds. The zero-order chi connectivity index (χ0) is 14.7. The highest BCUT2D eigenvalue weighted by Crippen LogP contribution is 2.38. The molecule has 1 saturated heterocycles. The Bertz CT molecular complexity index is 570. The normalized spacial score (nSPS) is 21.5. The molecule has 21 heavy (non-hydrogen) atoms. The second kappa shape index (κ2) is 6.16. The van der Waals surface area contributed by atoms with E-state index >= 15 is 0 Å². The Labute approximate surface area is 124 Å². The van der Waals surface area contributed by atoms with Gasteiger partial charge in [-0.05, 0) is 29.8 Å². The monoisotopic (exact) mass is 285 g/mol. The first-order valence-corrected chi connectivity index (χ1v) is 7.07. The number of para-hydroxylation sites is 1. The highest BCUT2D eigenvalue weighted by Gasteiger charge is 2.34. The summed E-state index contributed by atoms with van der Waals surface area (Å²) in [5, 5.41) is 11.3. The van der Waals surface area contributed by atoms with Crippen LogP contribution in [0, 0.1) is 0 Å². The molecular formula is C17H19NO3. The van der Waals surface area contributed by atoms with E-state index in [-0.39, 0.29) is 18.8 Å². The van der Waals surface area contributed by atoms with Crippen molar-refractivity contribution in [1.82, 2.24) is 0 Å². The van der Waals surface area contributed by atoms with Crippen LogP contribution < -0.4 is 9.80 Å². The third kappa shape index (κ3) is 2.86. The summed E-state index contributed by atoms with van der Waals surface area (Å²) < 4.78 is 5.20. The van der Waals surface area contributed by atoms with E-state index in [4.69, 9.17) is 9.57 Å². The van der Waals surface area contributed by atoms with Gasteiger partial charge in [-0.15, -0.1) is 0 Å². The number of aliphatic hydroxyl groups is 1. The zero-order valence-corrected chi connectivity index (χ0v) is 12.0. The molecule has 4 heteroatoms. The van der Waals surface area contributed by atoms with Crippen LogP contribution in [0.2, 0.25) is 0 Å². The third-order valence-electron chi connectivity index (χ3n) is 3.75. The van der Waals surface area contributed by atoms with E-state index in [1.807, 2.05) is 59.7 Å². The van der Waals surface area contributed by atoms with E-state index in [0.717, 1.165) is 23.4 Å². The van der Waals surface area contributed by atoms with Crippen molar-refractivity contribution in [2.24, 2.45) is 0 Å². The van der Waals surface area contributed by atoms with Crippen molar-refractivity contribution < 1.29 is 14.7 Å². The van der Waals surface area contributed by atoms with E-state index in [0.29, 0.717) is 0 Å². The van der Waals surface area contributed by atoms with Crippen LogP contribution in [0.25, 0.3) is 0 Å². The molecule has 1 N–H and O–H groups in total. The van der Waals surface area contributed by atoms with Gasteiger partial charge in [0.25, 0.3) is 0 Å². The smallest absolute Gasteiger partial charge is 0.118 e. The highest BCUT2D eigenvalue weighted by molar-refractivity contribution is 5.47. The summed E-state index contributed by atoms with van der Waals surface area (Å²) in [7, 11) is 1.66. The number of hydrogen-bond donors (Lipinski definition) is 1. The van der Waals surface area contributed by atoms with Gasteiger partial charge in [0.1, 0.15) is 11.9 Å². The first-order chi connectivity index (χ1) is 10.3. The summed E-state index contributed by atoms with van der Waals surface area (Å²) in [5.41, 5.74) is 2.14. The van der Waals surface area contributed by atoms with Gasteiger partial charge in [0.2, 0.25) is 0 Å². The Morgan fingerprint density at radius 2 is 1.86 bits per heavy atom. The van der Waals surface area contributed by atoms with Crippen LogP contribution >= 0.6 is 0 Å². The van der Waals surface area contributed by atoms with E-state index in [1.165, 1.54) is 0 Å². The van der Waals surface area contributed by atoms with Gasteiger partial charge in [0.15, 0.2) is 0 Å². The summed E-state index contributed by atoms with van der Waals surface area (Å²) in [4.78, 5) is 5.87. The molecule has 110 valence electrons. The fraction of sp³-hybridized carbons (Fsp3) is 0.294. The lowest BCUT2D eigenvalue weighted by Crippen LogP contribution is -2.22. The van der Waals surface area contributed by atoms with Gasteiger partial charge in [0, 0.05) is 6.42 Å². The first kappa shape index (κ1) is 13.9. The largest absolute Gasteiger partial charge is 0.497 e. The molecule has 0 bridgehead atoms. The van der Waals surface area contributed by atoms with Crippen LogP contribution in [0.4, 0.5) is 5.69 Å². The molecule has 0 spiro atoms. The molecule has 4 nitrogen and oxygen atoms in total. The Morgan fingerprint density at radius 3 is 2.48 bits per heavy atom. The zero-order valence-electron chi connectivity index (χ0n) is 12.0. The van der Waals surface area contributed by atoms with Crippen molar-refractivity contribution in [3.8, 4) is 5.75 Å². The summed E-state index contributed by atoms with van der Waals surface area (Å²) >= 11 is 0. The summed E-state index contributed by atoms with van der Waals surface area (Å²) in [6.07, 6.45) is 0.592. The Hall–Kier alpha value is -2.04. The van der Waals surface area contributed by atoms with Gasteiger partial charge in [-0.3, -0.25) is 4.84 Å². The summed E-state index contributed by atoms with van der Waals surface area (Å²) in [5.74, 6) is 0.836. The predicted molar refractivity (Wildman–Crippen MR) is 81.2 cm³/mol. The van der Waals surface area contributed by atoms with E-state index in [2.05, 4.69) is 0 Å². The molecule has 2 aromatic rings. The Kier molecular flexibility index (Phi) is 4.08. The molecule has 0 saturated carbocycles. The average Bonchev–Trinajstić information content (AvgIpc) is 3.00. The van der Waals surface area contributed by atoms with Crippen LogP contribution in [-0.4, -0.2) is 24.9 Å². The van der Waals surface area contributed by atoms with Crippen molar-refractivity contribution in [2.75, 3.05) is 18.8 Å². The first-order valence-electron chi connectivity index (χ1n) is 7.07. The maximum absolute atomic E-state index is 9.41. The maximum Gasteiger partial charge on any atom is 0.118 e. The Balaban J connectivity index is 1.89. The minimum absolute atomic E-state index is 0.0238. The fourth-order valence-electron chi connectivity index (χ4n) is 2.64. The molecule has 1 fully saturated rings. The number of nitrogens with zero attached hydrogens (tertiary/aromatic N) is 1. The van der Waals surface area contributed by atoms with E-state index < -0.39 is 0 Å². The standard InChI is InChI=1S/C17H19NO3/c1-20-15-9-7-13(8-10-15)17-11-16(12-19)21-18(17)14-5-3-2-4-6-14/h2-10,16-17,19H,11-12H2,1H3/t16-,17-/m0/s1. The molecule has 2 aromatic carbocycles. The van der Waals surface area contributed by atoms with Crippen molar-refractivity contribution in [3.05, 3.63) is 60.2 Å². The quantitative estimate of drug-likeness (QED) is 0.938. The minimum atomic E-state index is -0.169. The molecule has 1 aliphatic rings. The highest BCUT2D eigenvalue weighted by atomic mass is 16.7. The van der Waals surface area contributed by atoms with Gasteiger partial charge in [-0.25, -0.2) is 5.06 Å². The number of rotatable bonds is 4. The predicted octanol–water partition coefficient (Wildman–Crippen LogP) is 2.94. The third-order valence-corrected chi connectivity index (χ3v) is 3.75. The summed E-state index contributed by atoms with van der Waals surface area (Å²) in [6.45, 7) is 0.0238. The topological polar surface area (TPSA) is 41.9 Å². The van der Waals surface area contributed by atoms with Gasteiger partial charge in [-0.2, -0.15) is 0 Å².